The van der Waals surface area contributed by atoms with Crippen LogP contribution < -0.4 is 21.7 Å². The normalized spacial score (nSPS) is 13.9. The lowest BCUT2D eigenvalue weighted by Gasteiger charge is -2.25. The molecule has 3 amide bonds. The van der Waals surface area contributed by atoms with Crippen LogP contribution >= 0.6 is 11.8 Å². The Balaban J connectivity index is 3.11. The quantitative estimate of drug-likeness (QED) is 0.135. The molecule has 13 nitrogen and oxygen atoms in total. The molecule has 4 atom stereocenters. The number of nitrogens with one attached hydrogen (secondary N) is 3. The predicted molar refractivity (Wildman–Crippen MR) is 129 cm³/mol. The average molecular weight is 527 g/mol. The second kappa shape index (κ2) is 15.4. The van der Waals surface area contributed by atoms with Gasteiger partial charge in [0, 0.05) is 6.42 Å². The number of carboxylic acids is 3. The van der Waals surface area contributed by atoms with Gasteiger partial charge in [0.2, 0.25) is 17.7 Å². The van der Waals surface area contributed by atoms with Crippen molar-refractivity contribution in [2.45, 2.75) is 49.9 Å². The van der Waals surface area contributed by atoms with Crippen molar-refractivity contribution >= 4 is 47.4 Å². The lowest BCUT2D eigenvalue weighted by Crippen LogP contribution is -2.58. The summed E-state index contributed by atoms with van der Waals surface area (Å²) in [5.74, 6) is -6.44. The van der Waals surface area contributed by atoms with Gasteiger partial charge in [-0.25, -0.2) is 4.79 Å². The van der Waals surface area contributed by atoms with Gasteiger partial charge in [-0.3, -0.25) is 24.0 Å². The highest BCUT2D eigenvalue weighted by Crippen LogP contribution is 2.07. The molecule has 1 rings (SSSR count). The van der Waals surface area contributed by atoms with Gasteiger partial charge in [0.05, 0.1) is 18.9 Å². The van der Waals surface area contributed by atoms with E-state index in [2.05, 4.69) is 16.0 Å². The zero-order valence-electron chi connectivity index (χ0n) is 19.5. The standard InChI is InChI=1S/C22H30N4O9S/c1-36-8-7-14(24-19(31)13(23)10-17(27)28)20(32)25-15(9-12-5-3-2-4-6-12)21(33)26-16(22(34)35)11-18(29)30/h2-6,13-16H,7-11,23H2,1H3,(H,24,31)(H,25,32)(H,26,33)(H,27,28)(H,29,30)(H,34,35). The summed E-state index contributed by atoms with van der Waals surface area (Å²) in [5.41, 5.74) is 6.19. The first-order chi connectivity index (χ1) is 16.9. The van der Waals surface area contributed by atoms with Crippen LogP contribution in [0.5, 0.6) is 0 Å². The molecule has 0 fully saturated rings. The van der Waals surface area contributed by atoms with Crippen LogP contribution in [0.15, 0.2) is 30.3 Å². The smallest absolute Gasteiger partial charge is 0.326 e. The number of hydrogen-bond donors (Lipinski definition) is 7. The van der Waals surface area contributed by atoms with Crippen molar-refractivity contribution in [3.63, 3.8) is 0 Å². The van der Waals surface area contributed by atoms with E-state index in [-0.39, 0.29) is 12.8 Å². The summed E-state index contributed by atoms with van der Waals surface area (Å²) in [5, 5.41) is 34.0. The van der Waals surface area contributed by atoms with Gasteiger partial charge >= 0.3 is 17.9 Å². The Labute approximate surface area is 211 Å². The van der Waals surface area contributed by atoms with E-state index < -0.39 is 72.6 Å². The first kappa shape index (κ1) is 30.4. The number of amides is 3. The molecule has 4 unspecified atom stereocenters. The molecular weight excluding hydrogens is 496 g/mol. The van der Waals surface area contributed by atoms with E-state index in [1.165, 1.54) is 11.8 Å². The van der Waals surface area contributed by atoms with Crippen LogP contribution in [-0.4, -0.2) is 87.1 Å². The minimum atomic E-state index is -1.73. The summed E-state index contributed by atoms with van der Waals surface area (Å²) in [6.07, 6.45) is 0.324. The van der Waals surface area contributed by atoms with Crippen molar-refractivity contribution < 1.29 is 44.1 Å². The molecule has 198 valence electrons. The van der Waals surface area contributed by atoms with E-state index in [4.69, 9.17) is 15.9 Å². The molecule has 0 bridgehead atoms. The van der Waals surface area contributed by atoms with Gasteiger partial charge in [-0.1, -0.05) is 30.3 Å². The van der Waals surface area contributed by atoms with E-state index in [1.54, 1.807) is 36.6 Å². The lowest BCUT2D eigenvalue weighted by atomic mass is 10.0. The Morgan fingerprint density at radius 3 is 1.86 bits per heavy atom. The van der Waals surface area contributed by atoms with Crippen molar-refractivity contribution in [2.75, 3.05) is 12.0 Å². The fourth-order valence-electron chi connectivity index (χ4n) is 3.04. The zero-order valence-corrected chi connectivity index (χ0v) is 20.3. The van der Waals surface area contributed by atoms with Gasteiger partial charge < -0.3 is 37.0 Å². The minimum Gasteiger partial charge on any atom is -0.481 e. The number of rotatable bonds is 16. The average Bonchev–Trinajstić information content (AvgIpc) is 2.80. The number of hydrogen-bond acceptors (Lipinski definition) is 8. The molecule has 0 aliphatic rings. The molecule has 36 heavy (non-hydrogen) atoms. The Bertz CT molecular complexity index is 945. The first-order valence-electron chi connectivity index (χ1n) is 10.8. The molecule has 0 saturated heterocycles. The summed E-state index contributed by atoms with van der Waals surface area (Å²) >= 11 is 1.38. The van der Waals surface area contributed by atoms with Gasteiger partial charge in [-0.15, -0.1) is 0 Å². The molecule has 14 heteroatoms. The van der Waals surface area contributed by atoms with Crippen LogP contribution in [0, 0.1) is 0 Å². The van der Waals surface area contributed by atoms with Crippen molar-refractivity contribution in [2.24, 2.45) is 5.73 Å². The molecular formula is C22H30N4O9S. The summed E-state index contributed by atoms with van der Waals surface area (Å²) in [6.45, 7) is 0. The molecule has 0 aliphatic carbocycles. The van der Waals surface area contributed by atoms with Crippen LogP contribution in [-0.2, 0) is 35.2 Å². The first-order valence-corrected chi connectivity index (χ1v) is 12.2. The highest BCUT2D eigenvalue weighted by atomic mass is 32.2. The molecule has 0 heterocycles. The molecule has 0 spiro atoms. The maximum absolute atomic E-state index is 13.0. The van der Waals surface area contributed by atoms with Crippen LogP contribution in [0.4, 0.5) is 0 Å². The number of carboxylic acid groups (broad SMARTS) is 3. The monoisotopic (exact) mass is 526 g/mol. The van der Waals surface area contributed by atoms with E-state index in [1.807, 2.05) is 0 Å². The Hall–Kier alpha value is -3.65. The minimum absolute atomic E-state index is 0.0560. The van der Waals surface area contributed by atoms with Gasteiger partial charge in [-0.2, -0.15) is 11.8 Å². The number of carbonyl (C=O) groups is 6. The van der Waals surface area contributed by atoms with E-state index in [9.17, 15) is 33.9 Å². The Morgan fingerprint density at radius 1 is 0.806 bits per heavy atom. The second-order valence-corrected chi connectivity index (χ2v) is 8.78. The third kappa shape index (κ3) is 11.2. The fourth-order valence-corrected chi connectivity index (χ4v) is 3.51. The van der Waals surface area contributed by atoms with Crippen LogP contribution in [0.2, 0.25) is 0 Å². The largest absolute Gasteiger partial charge is 0.481 e. The molecule has 1 aromatic rings. The number of nitrogens with two attached hydrogens (primary N) is 1. The van der Waals surface area contributed by atoms with Crippen LogP contribution in [0.3, 0.4) is 0 Å². The second-order valence-electron chi connectivity index (χ2n) is 7.80. The van der Waals surface area contributed by atoms with Crippen LogP contribution in [0.25, 0.3) is 0 Å². The third-order valence-corrected chi connectivity index (χ3v) is 5.53. The van der Waals surface area contributed by atoms with Crippen molar-refractivity contribution in [1.29, 1.82) is 0 Å². The Kier molecular flexibility index (Phi) is 13.0. The number of carbonyl (C=O) groups excluding carboxylic acids is 3. The molecule has 0 aliphatic heterocycles. The zero-order chi connectivity index (χ0) is 27.3. The lowest BCUT2D eigenvalue weighted by molar-refractivity contribution is -0.147. The maximum atomic E-state index is 13.0. The fraction of sp³-hybridized carbons (Fsp3) is 0.455. The van der Waals surface area contributed by atoms with E-state index in [0.717, 1.165) is 0 Å². The summed E-state index contributed by atoms with van der Waals surface area (Å²) in [6, 6.07) is 2.88. The summed E-state index contributed by atoms with van der Waals surface area (Å²) in [4.78, 5) is 71.5. The highest BCUT2D eigenvalue weighted by molar-refractivity contribution is 7.98. The summed E-state index contributed by atoms with van der Waals surface area (Å²) < 4.78 is 0. The number of benzene rings is 1. The molecule has 8 N–H and O–H groups in total. The van der Waals surface area contributed by atoms with E-state index in [0.29, 0.717) is 11.3 Å². The Morgan fingerprint density at radius 2 is 1.33 bits per heavy atom. The summed E-state index contributed by atoms with van der Waals surface area (Å²) in [7, 11) is 0. The third-order valence-electron chi connectivity index (χ3n) is 4.88. The van der Waals surface area contributed by atoms with E-state index >= 15 is 0 Å². The highest BCUT2D eigenvalue weighted by Gasteiger charge is 2.31. The number of thioether (sulfide) groups is 1. The van der Waals surface area contributed by atoms with Crippen molar-refractivity contribution in [1.82, 2.24) is 16.0 Å². The number of aliphatic carboxylic acids is 3. The topological polar surface area (TPSA) is 225 Å². The van der Waals surface area contributed by atoms with Crippen molar-refractivity contribution in [3.8, 4) is 0 Å². The molecule has 0 radical (unpaired) electrons. The molecule has 1 aromatic carbocycles. The van der Waals surface area contributed by atoms with Crippen LogP contribution in [0.1, 0.15) is 24.8 Å². The van der Waals surface area contributed by atoms with Crippen molar-refractivity contribution in [3.05, 3.63) is 35.9 Å². The predicted octanol–water partition coefficient (Wildman–Crippen LogP) is -1.20. The molecule has 0 saturated carbocycles. The maximum Gasteiger partial charge on any atom is 0.326 e. The SMILES string of the molecule is CSCCC(NC(=O)C(N)CC(=O)O)C(=O)NC(Cc1ccccc1)C(=O)NC(CC(=O)O)C(=O)O. The van der Waals surface area contributed by atoms with Gasteiger partial charge in [-0.05, 0) is 24.0 Å². The van der Waals surface area contributed by atoms with Gasteiger partial charge in [0.1, 0.15) is 18.1 Å². The molecule has 0 aromatic heterocycles. The van der Waals surface area contributed by atoms with Gasteiger partial charge in [0.25, 0.3) is 0 Å². The van der Waals surface area contributed by atoms with Gasteiger partial charge in [0.15, 0.2) is 0 Å².